The van der Waals surface area contributed by atoms with Crippen molar-refractivity contribution in [3.63, 3.8) is 0 Å². The van der Waals surface area contributed by atoms with Gasteiger partial charge in [0.05, 0.1) is 48.6 Å². The van der Waals surface area contributed by atoms with E-state index < -0.39 is 0 Å². The van der Waals surface area contributed by atoms with Gasteiger partial charge < -0.3 is 29.3 Å². The molecule has 1 saturated carbocycles. The number of amides is 1. The van der Waals surface area contributed by atoms with E-state index in [1.807, 2.05) is 11.0 Å². The number of hydrogen-bond donors (Lipinski definition) is 1. The zero-order valence-corrected chi connectivity index (χ0v) is 25.6. The number of halogens is 1. The molecular formula is C31H44ClN5O4. The van der Waals surface area contributed by atoms with Crippen LogP contribution in [0.4, 0.5) is 5.82 Å². The van der Waals surface area contributed by atoms with Crippen LogP contribution in [0.25, 0.3) is 11.1 Å². The predicted octanol–water partition coefficient (Wildman–Crippen LogP) is 4.52. The maximum Gasteiger partial charge on any atom is 0.245 e. The third-order valence-electron chi connectivity index (χ3n) is 9.32. The number of phenolic OH excluding ortho intramolecular Hbond substituents is 1. The maximum atomic E-state index is 11.9. The molecule has 6 rings (SSSR count). The highest BCUT2D eigenvalue weighted by molar-refractivity contribution is 6.34. The van der Waals surface area contributed by atoms with Gasteiger partial charge in [-0.3, -0.25) is 9.48 Å². The van der Waals surface area contributed by atoms with Crippen molar-refractivity contribution in [3.8, 4) is 16.9 Å². The van der Waals surface area contributed by atoms with Crippen LogP contribution in [0.2, 0.25) is 5.02 Å². The summed E-state index contributed by atoms with van der Waals surface area (Å²) in [5, 5.41) is 16.6. The Kier molecular flexibility index (Phi) is 8.71. The van der Waals surface area contributed by atoms with E-state index in [0.717, 1.165) is 95.5 Å². The molecular weight excluding hydrogens is 542 g/mol. The lowest BCUT2D eigenvalue weighted by atomic mass is 9.60. The van der Waals surface area contributed by atoms with Crippen LogP contribution in [-0.2, 0) is 14.3 Å². The molecule has 1 spiro atoms. The predicted molar refractivity (Wildman–Crippen MR) is 162 cm³/mol. The van der Waals surface area contributed by atoms with Crippen LogP contribution in [0.3, 0.4) is 0 Å². The average molecular weight is 586 g/mol. The molecule has 10 heteroatoms. The number of benzene rings is 1. The quantitative estimate of drug-likeness (QED) is 0.517. The summed E-state index contributed by atoms with van der Waals surface area (Å²) in [7, 11) is 2.17. The standard InChI is InChI=1S/C27H36ClN5O2.C4H8O2/c1-6-22(35)31-16-27(17-31)13-19(14-27)33-18(3)23(24-20(28)9-8-10-21(24)34)25(29-33)32-12-11-30(5)15-26(32,4)7-2;1-2-6-4-3-5-1/h6,8-10,19,34H,1,7,11-17H2,2-5H3;1-4H2/t26-;/m0./s1. The number of ether oxygens (including phenoxy) is 2. The molecule has 1 aliphatic carbocycles. The molecule has 9 nitrogen and oxygen atoms in total. The van der Waals surface area contributed by atoms with Crippen LogP contribution >= 0.6 is 11.6 Å². The van der Waals surface area contributed by atoms with Gasteiger partial charge in [0.1, 0.15) is 5.75 Å². The lowest BCUT2D eigenvalue weighted by Gasteiger charge is -2.58. The molecule has 1 atom stereocenters. The number of likely N-dealkylation sites (N-methyl/N-ethyl adjacent to an activating group) is 1. The van der Waals surface area contributed by atoms with E-state index in [-0.39, 0.29) is 28.7 Å². The molecule has 0 radical (unpaired) electrons. The van der Waals surface area contributed by atoms with Gasteiger partial charge in [0.25, 0.3) is 0 Å². The van der Waals surface area contributed by atoms with E-state index in [1.54, 1.807) is 12.1 Å². The normalized spacial score (nSPS) is 24.3. The van der Waals surface area contributed by atoms with E-state index in [4.69, 9.17) is 26.2 Å². The Balaban J connectivity index is 0.000000500. The number of hydrogen-bond acceptors (Lipinski definition) is 7. The van der Waals surface area contributed by atoms with E-state index in [1.165, 1.54) is 6.08 Å². The fourth-order valence-corrected chi connectivity index (χ4v) is 7.17. The molecule has 1 amide bonds. The highest BCUT2D eigenvalue weighted by atomic mass is 35.5. The van der Waals surface area contributed by atoms with Crippen molar-refractivity contribution in [2.45, 2.75) is 51.6 Å². The Bertz CT molecular complexity index is 1230. The first-order valence-corrected chi connectivity index (χ1v) is 15.1. The lowest BCUT2D eigenvalue weighted by Crippen LogP contribution is -2.63. The minimum absolute atomic E-state index is 0.0158. The highest BCUT2D eigenvalue weighted by Crippen LogP contribution is 2.55. The number of nitrogens with zero attached hydrogens (tertiary/aromatic N) is 5. The fourth-order valence-electron chi connectivity index (χ4n) is 6.91. The zero-order chi connectivity index (χ0) is 29.4. The second kappa shape index (κ2) is 12.0. The van der Waals surface area contributed by atoms with Crippen molar-refractivity contribution in [2.75, 3.05) is 71.1 Å². The van der Waals surface area contributed by atoms with Crippen LogP contribution < -0.4 is 4.90 Å². The Morgan fingerprint density at radius 3 is 2.37 bits per heavy atom. The Morgan fingerprint density at radius 2 is 1.80 bits per heavy atom. The van der Waals surface area contributed by atoms with Crippen molar-refractivity contribution < 1.29 is 19.4 Å². The molecule has 1 N–H and O–H groups in total. The van der Waals surface area contributed by atoms with Crippen LogP contribution in [-0.4, -0.2) is 102 Å². The number of carbonyl (C=O) groups is 1. The number of anilines is 1. The van der Waals surface area contributed by atoms with Gasteiger partial charge in [-0.1, -0.05) is 31.2 Å². The summed E-state index contributed by atoms with van der Waals surface area (Å²) in [6.07, 6.45) is 4.38. The molecule has 4 aliphatic rings. The van der Waals surface area contributed by atoms with Crippen LogP contribution in [0.1, 0.15) is 44.8 Å². The van der Waals surface area contributed by atoms with E-state index >= 15 is 0 Å². The summed E-state index contributed by atoms with van der Waals surface area (Å²) in [4.78, 5) is 18.6. The number of aromatic hydroxyl groups is 1. The summed E-state index contributed by atoms with van der Waals surface area (Å²) in [6, 6.07) is 5.57. The van der Waals surface area contributed by atoms with Gasteiger partial charge >= 0.3 is 0 Å². The number of carbonyl (C=O) groups excluding carboxylic acids is 1. The number of rotatable bonds is 5. The van der Waals surface area contributed by atoms with E-state index in [2.05, 4.69) is 48.9 Å². The lowest BCUT2D eigenvalue weighted by molar-refractivity contribution is -0.149. The summed E-state index contributed by atoms with van der Waals surface area (Å²) in [5.74, 6) is 1.10. The number of likely N-dealkylation sites (tertiary alicyclic amines) is 1. The minimum Gasteiger partial charge on any atom is -0.507 e. The first kappa shape index (κ1) is 29.9. The molecule has 0 unspecified atom stereocenters. The molecule has 2 aromatic rings. The first-order chi connectivity index (χ1) is 19.6. The van der Waals surface area contributed by atoms with Crippen molar-refractivity contribution in [1.82, 2.24) is 19.6 Å². The highest BCUT2D eigenvalue weighted by Gasteiger charge is 2.54. The molecule has 4 fully saturated rings. The van der Waals surface area contributed by atoms with Crippen molar-refractivity contribution >= 4 is 23.3 Å². The van der Waals surface area contributed by atoms with Gasteiger partial charge in [0, 0.05) is 49.4 Å². The minimum atomic E-state index is -0.0788. The third kappa shape index (κ3) is 5.74. The summed E-state index contributed by atoms with van der Waals surface area (Å²) in [6.45, 7) is 17.7. The van der Waals surface area contributed by atoms with E-state index in [9.17, 15) is 9.90 Å². The summed E-state index contributed by atoms with van der Waals surface area (Å²) < 4.78 is 12.0. The van der Waals surface area contributed by atoms with Gasteiger partial charge in [-0.2, -0.15) is 5.10 Å². The van der Waals surface area contributed by atoms with Gasteiger partial charge in [0.15, 0.2) is 5.82 Å². The number of piperazine rings is 1. The van der Waals surface area contributed by atoms with Crippen molar-refractivity contribution in [3.05, 3.63) is 41.6 Å². The maximum absolute atomic E-state index is 11.9. The van der Waals surface area contributed by atoms with Crippen LogP contribution in [0.5, 0.6) is 5.75 Å². The summed E-state index contributed by atoms with van der Waals surface area (Å²) >= 11 is 6.68. The molecule has 0 bridgehead atoms. The number of aromatic nitrogens is 2. The fraction of sp³-hybridized carbons (Fsp3) is 0.613. The molecule has 224 valence electrons. The van der Waals surface area contributed by atoms with Crippen molar-refractivity contribution in [2.24, 2.45) is 5.41 Å². The van der Waals surface area contributed by atoms with E-state index in [0.29, 0.717) is 10.6 Å². The first-order valence-electron chi connectivity index (χ1n) is 14.7. The monoisotopic (exact) mass is 585 g/mol. The summed E-state index contributed by atoms with van der Waals surface area (Å²) in [5.41, 5.74) is 2.73. The second-order valence-electron chi connectivity index (χ2n) is 12.3. The molecule has 1 aromatic carbocycles. The Hall–Kier alpha value is -2.59. The molecule has 3 aliphatic heterocycles. The molecule has 1 aromatic heterocycles. The molecule has 4 heterocycles. The third-order valence-corrected chi connectivity index (χ3v) is 9.64. The average Bonchev–Trinajstić information content (AvgIpc) is 3.24. The Morgan fingerprint density at radius 1 is 1.15 bits per heavy atom. The largest absolute Gasteiger partial charge is 0.507 e. The topological polar surface area (TPSA) is 83.3 Å². The SMILES string of the molecule is C1COCCO1.C=CC(=O)N1CC2(CC(n3nc(N4CCN(C)C[C@]4(C)CC)c(-c4c(O)cccc4Cl)c3C)C2)C1. The zero-order valence-electron chi connectivity index (χ0n) is 24.9. The van der Waals surface area contributed by atoms with Gasteiger partial charge in [-0.15, -0.1) is 0 Å². The smallest absolute Gasteiger partial charge is 0.245 e. The van der Waals surface area contributed by atoms with Gasteiger partial charge in [-0.25, -0.2) is 0 Å². The van der Waals surface area contributed by atoms with Crippen molar-refractivity contribution in [1.29, 1.82) is 0 Å². The number of phenols is 1. The molecule has 41 heavy (non-hydrogen) atoms. The second-order valence-corrected chi connectivity index (χ2v) is 12.7. The Labute approximate surface area is 248 Å². The van der Waals surface area contributed by atoms with Crippen LogP contribution in [0, 0.1) is 12.3 Å². The van der Waals surface area contributed by atoms with Crippen LogP contribution in [0.15, 0.2) is 30.9 Å². The molecule has 3 saturated heterocycles. The van der Waals surface area contributed by atoms with Gasteiger partial charge in [-0.05, 0) is 58.4 Å². The van der Waals surface area contributed by atoms with Gasteiger partial charge in [0.2, 0.25) is 5.91 Å².